The summed E-state index contributed by atoms with van der Waals surface area (Å²) in [5, 5.41) is 8.89. The summed E-state index contributed by atoms with van der Waals surface area (Å²) in [6, 6.07) is 0. The number of carbonyl (C=O) groups is 2. The maximum absolute atomic E-state index is 12.0. The van der Waals surface area contributed by atoms with E-state index in [4.69, 9.17) is 5.11 Å². The third-order valence-corrected chi connectivity index (χ3v) is 3.44. The van der Waals surface area contributed by atoms with Crippen LogP contribution in [0.2, 0.25) is 0 Å². The van der Waals surface area contributed by atoms with E-state index in [9.17, 15) is 22.8 Å². The van der Waals surface area contributed by atoms with Crippen molar-refractivity contribution in [2.75, 3.05) is 18.8 Å². The van der Waals surface area contributed by atoms with Gasteiger partial charge in [0.05, 0.1) is 11.7 Å². The third kappa shape index (κ3) is 4.75. The lowest BCUT2D eigenvalue weighted by Gasteiger charge is -2.34. The molecule has 4 nitrogen and oxygen atoms in total. The van der Waals surface area contributed by atoms with Crippen molar-refractivity contribution in [2.45, 2.75) is 18.9 Å². The van der Waals surface area contributed by atoms with Crippen LogP contribution in [0, 0.1) is 11.8 Å². The monoisotopic (exact) mass is 285 g/mol. The van der Waals surface area contributed by atoms with E-state index < -0.39 is 40.8 Å². The Morgan fingerprint density at radius 3 is 2.50 bits per heavy atom. The number of nitrogens with zero attached hydrogens (tertiary/aromatic N) is 1. The number of amides is 1. The van der Waals surface area contributed by atoms with Crippen LogP contribution in [-0.4, -0.2) is 46.2 Å². The number of alkyl halides is 3. The molecule has 1 rings (SSSR count). The Morgan fingerprint density at radius 2 is 2.00 bits per heavy atom. The molecule has 0 bridgehead atoms. The Morgan fingerprint density at radius 1 is 1.39 bits per heavy atom. The second-order valence-electron chi connectivity index (χ2n) is 4.41. The van der Waals surface area contributed by atoms with Crippen molar-refractivity contribution in [3.05, 3.63) is 0 Å². The van der Waals surface area contributed by atoms with E-state index in [-0.39, 0.29) is 12.5 Å². The number of piperidine rings is 1. The Balaban J connectivity index is 2.54. The molecule has 0 aliphatic carbocycles. The molecule has 1 amide bonds. The minimum absolute atomic E-state index is 0.00305. The first-order valence-electron chi connectivity index (χ1n) is 5.40. The first kappa shape index (κ1) is 15.1. The van der Waals surface area contributed by atoms with Crippen LogP contribution in [0.1, 0.15) is 13.3 Å². The van der Waals surface area contributed by atoms with Gasteiger partial charge in [-0.05, 0) is 24.1 Å². The molecule has 1 saturated heterocycles. The van der Waals surface area contributed by atoms with Crippen LogP contribution in [-0.2, 0) is 9.59 Å². The Bertz CT molecular complexity index is 335. The number of hydrogen-bond acceptors (Lipinski definition) is 3. The summed E-state index contributed by atoms with van der Waals surface area (Å²) in [4.78, 5) is 23.6. The first-order chi connectivity index (χ1) is 8.19. The second-order valence-corrected chi connectivity index (χ2v) is 5.45. The molecule has 2 unspecified atom stereocenters. The molecule has 104 valence electrons. The Kier molecular flexibility index (Phi) is 4.89. The van der Waals surface area contributed by atoms with E-state index in [1.54, 1.807) is 6.92 Å². The number of aliphatic carboxylic acids is 1. The van der Waals surface area contributed by atoms with Crippen LogP contribution in [0.15, 0.2) is 0 Å². The highest BCUT2D eigenvalue weighted by atomic mass is 32.2. The van der Waals surface area contributed by atoms with Crippen LogP contribution in [0.5, 0.6) is 0 Å². The third-order valence-electron chi connectivity index (χ3n) is 2.72. The van der Waals surface area contributed by atoms with Gasteiger partial charge in [0, 0.05) is 13.1 Å². The standard InChI is InChI=1S/C10H14F3NO3S/c1-6-2-7(9(16)17)4-14(3-6)8(15)5-18-10(11,12)13/h6-7H,2-5H2,1H3,(H,16,17). The Hall–Kier alpha value is -0.920. The van der Waals surface area contributed by atoms with E-state index in [0.717, 1.165) is 0 Å². The van der Waals surface area contributed by atoms with Gasteiger partial charge < -0.3 is 10.0 Å². The van der Waals surface area contributed by atoms with Crippen LogP contribution in [0.4, 0.5) is 13.2 Å². The van der Waals surface area contributed by atoms with E-state index >= 15 is 0 Å². The number of carboxylic acid groups (broad SMARTS) is 1. The van der Waals surface area contributed by atoms with Gasteiger partial charge in [-0.3, -0.25) is 9.59 Å². The van der Waals surface area contributed by atoms with Gasteiger partial charge in [0.25, 0.3) is 0 Å². The minimum atomic E-state index is -4.44. The van der Waals surface area contributed by atoms with Crippen LogP contribution < -0.4 is 0 Å². The SMILES string of the molecule is CC1CC(C(=O)O)CN(C(=O)CSC(F)(F)F)C1. The average molecular weight is 285 g/mol. The summed E-state index contributed by atoms with van der Waals surface area (Å²) in [7, 11) is 0. The largest absolute Gasteiger partial charge is 0.481 e. The van der Waals surface area contributed by atoms with Crippen molar-refractivity contribution in [1.29, 1.82) is 0 Å². The van der Waals surface area contributed by atoms with Crippen LogP contribution in [0.3, 0.4) is 0 Å². The van der Waals surface area contributed by atoms with Gasteiger partial charge >= 0.3 is 11.5 Å². The number of carbonyl (C=O) groups excluding carboxylic acids is 1. The average Bonchev–Trinajstić information content (AvgIpc) is 2.23. The zero-order valence-corrected chi connectivity index (χ0v) is 10.6. The second kappa shape index (κ2) is 5.81. The summed E-state index contributed by atoms with van der Waals surface area (Å²) in [5.74, 6) is -3.06. The molecule has 1 N–H and O–H groups in total. The zero-order chi connectivity index (χ0) is 13.9. The molecular weight excluding hydrogens is 271 g/mol. The van der Waals surface area contributed by atoms with Crippen molar-refractivity contribution in [2.24, 2.45) is 11.8 Å². The number of thioether (sulfide) groups is 1. The van der Waals surface area contributed by atoms with Crippen molar-refractivity contribution < 1.29 is 27.9 Å². The van der Waals surface area contributed by atoms with Gasteiger partial charge in [0.15, 0.2) is 0 Å². The molecule has 2 atom stereocenters. The van der Waals surface area contributed by atoms with Gasteiger partial charge in [-0.15, -0.1) is 0 Å². The molecule has 1 heterocycles. The number of halogens is 3. The molecule has 0 saturated carbocycles. The van der Waals surface area contributed by atoms with Crippen LogP contribution >= 0.6 is 11.8 Å². The van der Waals surface area contributed by atoms with Gasteiger partial charge in [0.1, 0.15) is 0 Å². The molecule has 0 aromatic rings. The minimum Gasteiger partial charge on any atom is -0.481 e. The quantitative estimate of drug-likeness (QED) is 0.859. The first-order valence-corrected chi connectivity index (χ1v) is 6.39. The summed E-state index contributed by atoms with van der Waals surface area (Å²) in [6.45, 7) is 2.10. The number of likely N-dealkylation sites (tertiary alicyclic amines) is 1. The fraction of sp³-hybridized carbons (Fsp3) is 0.800. The Labute approximate surface area is 107 Å². The van der Waals surface area contributed by atoms with Crippen molar-refractivity contribution >= 4 is 23.6 Å². The summed E-state index contributed by atoms with van der Waals surface area (Å²) in [6.07, 6.45) is 0.450. The van der Waals surface area contributed by atoms with E-state index in [1.807, 2.05) is 0 Å². The number of carboxylic acids is 1. The van der Waals surface area contributed by atoms with E-state index in [1.165, 1.54) is 4.90 Å². The smallest absolute Gasteiger partial charge is 0.442 e. The van der Waals surface area contributed by atoms with Crippen molar-refractivity contribution in [3.63, 3.8) is 0 Å². The molecule has 0 spiro atoms. The van der Waals surface area contributed by atoms with E-state index in [2.05, 4.69) is 0 Å². The fourth-order valence-electron chi connectivity index (χ4n) is 1.97. The highest BCUT2D eigenvalue weighted by Crippen LogP contribution is 2.31. The normalized spacial score (nSPS) is 25.0. The van der Waals surface area contributed by atoms with Crippen LogP contribution in [0.25, 0.3) is 0 Å². The van der Waals surface area contributed by atoms with Gasteiger partial charge in [0.2, 0.25) is 5.91 Å². The molecule has 8 heteroatoms. The maximum Gasteiger partial charge on any atom is 0.442 e. The molecular formula is C10H14F3NO3S. The molecule has 0 aromatic heterocycles. The molecule has 1 fully saturated rings. The summed E-state index contributed by atoms with van der Waals surface area (Å²) < 4.78 is 35.9. The highest BCUT2D eigenvalue weighted by Gasteiger charge is 2.34. The fourth-order valence-corrected chi connectivity index (χ4v) is 2.44. The van der Waals surface area contributed by atoms with Crippen molar-refractivity contribution in [1.82, 2.24) is 4.90 Å². The predicted molar refractivity (Wildman–Crippen MR) is 60.0 cm³/mol. The molecule has 1 aliphatic heterocycles. The van der Waals surface area contributed by atoms with Gasteiger partial charge in [-0.25, -0.2) is 0 Å². The molecule has 0 radical (unpaired) electrons. The lowest BCUT2D eigenvalue weighted by molar-refractivity contribution is -0.146. The van der Waals surface area contributed by atoms with Gasteiger partial charge in [-0.1, -0.05) is 6.92 Å². The van der Waals surface area contributed by atoms with E-state index in [0.29, 0.717) is 13.0 Å². The maximum atomic E-state index is 12.0. The topological polar surface area (TPSA) is 57.6 Å². The zero-order valence-electron chi connectivity index (χ0n) is 9.74. The lowest BCUT2D eigenvalue weighted by atomic mass is 9.90. The molecule has 18 heavy (non-hydrogen) atoms. The summed E-state index contributed by atoms with van der Waals surface area (Å²) >= 11 is -0.392. The highest BCUT2D eigenvalue weighted by molar-refractivity contribution is 8.00. The lowest BCUT2D eigenvalue weighted by Crippen LogP contribution is -2.46. The molecule has 1 aliphatic rings. The predicted octanol–water partition coefficient (Wildman–Crippen LogP) is 1.81. The molecule has 0 aromatic carbocycles. The number of rotatable bonds is 3. The van der Waals surface area contributed by atoms with Crippen molar-refractivity contribution in [3.8, 4) is 0 Å². The summed E-state index contributed by atoms with van der Waals surface area (Å²) in [5.41, 5.74) is -4.44. The van der Waals surface area contributed by atoms with Gasteiger partial charge in [-0.2, -0.15) is 13.2 Å². The number of hydrogen-bond donors (Lipinski definition) is 1.